The second-order valence-electron chi connectivity index (χ2n) is 8.23. The lowest BCUT2D eigenvalue weighted by atomic mass is 9.89. The van der Waals surface area contributed by atoms with Crippen LogP contribution < -0.4 is 10.9 Å². The predicted molar refractivity (Wildman–Crippen MR) is 116 cm³/mol. The van der Waals surface area contributed by atoms with Crippen LogP contribution in [0.25, 0.3) is 10.2 Å². The topological polar surface area (TPSA) is 64.0 Å². The number of nitrogens with zero attached hydrogens (tertiary/aromatic N) is 2. The number of nitrogens with one attached hydrogen (secondary N) is 1. The van der Waals surface area contributed by atoms with Gasteiger partial charge in [0, 0.05) is 17.5 Å². The monoisotopic (exact) mass is 419 g/mol. The Hall–Kier alpha value is -1.34. The zero-order valence-electron chi connectivity index (χ0n) is 16.9. The van der Waals surface area contributed by atoms with Gasteiger partial charge in [0.2, 0.25) is 5.91 Å². The third-order valence-electron chi connectivity index (χ3n) is 6.05. The number of carbonyl (C=O) groups excluding carboxylic acids is 1. The number of carbonyl (C=O) groups is 1. The number of aromatic nitrogens is 2. The number of thioether (sulfide) groups is 1. The van der Waals surface area contributed by atoms with E-state index in [-0.39, 0.29) is 16.7 Å². The molecule has 4 rings (SSSR count). The molecule has 0 saturated heterocycles. The third-order valence-corrected chi connectivity index (χ3v) is 8.29. The lowest BCUT2D eigenvalue weighted by molar-refractivity contribution is -0.120. The highest BCUT2D eigenvalue weighted by Crippen LogP contribution is 2.37. The quantitative estimate of drug-likeness (QED) is 0.584. The van der Waals surface area contributed by atoms with Crippen LogP contribution in [0.1, 0.15) is 63.3 Å². The van der Waals surface area contributed by atoms with Gasteiger partial charge in [-0.1, -0.05) is 31.5 Å². The summed E-state index contributed by atoms with van der Waals surface area (Å²) in [4.78, 5) is 32.9. The van der Waals surface area contributed by atoms with Gasteiger partial charge in [-0.3, -0.25) is 14.2 Å². The molecular weight excluding hydrogens is 390 g/mol. The average Bonchev–Trinajstić information content (AvgIpc) is 3.28. The van der Waals surface area contributed by atoms with E-state index in [0.29, 0.717) is 23.7 Å². The van der Waals surface area contributed by atoms with E-state index in [9.17, 15) is 9.59 Å². The number of hydrogen-bond donors (Lipinski definition) is 1. The van der Waals surface area contributed by atoms with Crippen molar-refractivity contribution in [2.75, 3.05) is 0 Å². The molecule has 152 valence electrons. The maximum Gasteiger partial charge on any atom is 0.263 e. The molecule has 2 heterocycles. The molecule has 2 aromatic heterocycles. The second kappa shape index (κ2) is 8.19. The highest BCUT2D eigenvalue weighted by atomic mass is 32.2. The normalized spacial score (nSPS) is 21.0. The first kappa shape index (κ1) is 20.0. The van der Waals surface area contributed by atoms with E-state index in [4.69, 9.17) is 4.98 Å². The van der Waals surface area contributed by atoms with Gasteiger partial charge < -0.3 is 5.32 Å². The summed E-state index contributed by atoms with van der Waals surface area (Å²) in [6.07, 6.45) is 7.70. The van der Waals surface area contributed by atoms with Crippen LogP contribution >= 0.6 is 23.1 Å². The van der Waals surface area contributed by atoms with E-state index < -0.39 is 0 Å². The average molecular weight is 420 g/mol. The summed E-state index contributed by atoms with van der Waals surface area (Å²) < 4.78 is 1.75. The van der Waals surface area contributed by atoms with Gasteiger partial charge in [-0.25, -0.2) is 4.98 Å². The van der Waals surface area contributed by atoms with Crippen LogP contribution in [0, 0.1) is 5.92 Å². The van der Waals surface area contributed by atoms with Crippen LogP contribution in [-0.2, 0) is 24.2 Å². The molecule has 1 N–H and O–H groups in total. The molecule has 0 aromatic carbocycles. The van der Waals surface area contributed by atoms with Crippen molar-refractivity contribution in [2.45, 2.75) is 88.7 Å². The number of amides is 1. The molecule has 7 heteroatoms. The molecule has 28 heavy (non-hydrogen) atoms. The van der Waals surface area contributed by atoms with Gasteiger partial charge in [0.05, 0.1) is 10.6 Å². The van der Waals surface area contributed by atoms with E-state index in [1.807, 2.05) is 13.8 Å². The molecule has 0 unspecified atom stereocenters. The van der Waals surface area contributed by atoms with Gasteiger partial charge in [-0.15, -0.1) is 11.3 Å². The second-order valence-corrected chi connectivity index (χ2v) is 10.6. The zero-order valence-corrected chi connectivity index (χ0v) is 18.5. The van der Waals surface area contributed by atoms with Crippen molar-refractivity contribution in [1.82, 2.24) is 14.9 Å². The molecule has 2 aliphatic rings. The van der Waals surface area contributed by atoms with E-state index in [2.05, 4.69) is 12.2 Å². The highest BCUT2D eigenvalue weighted by Gasteiger charge is 2.26. The van der Waals surface area contributed by atoms with Crippen LogP contribution in [-0.4, -0.2) is 26.8 Å². The Balaban J connectivity index is 1.63. The number of hydrogen-bond acceptors (Lipinski definition) is 5. The number of fused-ring (bicyclic) bond motifs is 3. The summed E-state index contributed by atoms with van der Waals surface area (Å²) in [6.45, 7) is 6.73. The molecule has 0 spiro atoms. The van der Waals surface area contributed by atoms with Gasteiger partial charge in [0.15, 0.2) is 5.16 Å². The van der Waals surface area contributed by atoms with Crippen molar-refractivity contribution in [3.8, 4) is 0 Å². The van der Waals surface area contributed by atoms with Crippen LogP contribution in [0.2, 0.25) is 0 Å². The molecular formula is C21H29N3O2S2. The maximum absolute atomic E-state index is 13.2. The lowest BCUT2D eigenvalue weighted by Crippen LogP contribution is -2.38. The Morgan fingerprint density at radius 3 is 2.82 bits per heavy atom. The molecule has 1 amide bonds. The number of thiophene rings is 1. The molecule has 2 aliphatic carbocycles. The molecule has 2 aromatic rings. The van der Waals surface area contributed by atoms with Crippen molar-refractivity contribution in [3.63, 3.8) is 0 Å². The highest BCUT2D eigenvalue weighted by molar-refractivity contribution is 8.00. The molecule has 0 bridgehead atoms. The zero-order chi connectivity index (χ0) is 19.8. The largest absolute Gasteiger partial charge is 0.352 e. The van der Waals surface area contributed by atoms with E-state index in [1.165, 1.54) is 35.0 Å². The summed E-state index contributed by atoms with van der Waals surface area (Å²) in [5.74, 6) is 0.718. The van der Waals surface area contributed by atoms with Crippen molar-refractivity contribution in [1.29, 1.82) is 0 Å². The Bertz CT molecular complexity index is 943. The van der Waals surface area contributed by atoms with Gasteiger partial charge in [0.25, 0.3) is 5.56 Å². The molecule has 1 fully saturated rings. The van der Waals surface area contributed by atoms with Crippen LogP contribution in [0.4, 0.5) is 0 Å². The SMILES string of the molecule is CCn1c(S[C@H](C)C(=O)NC2CCCC2)nc2sc3c(c2c1=O)CC[C@H](C)C3. The third kappa shape index (κ3) is 3.75. The van der Waals surface area contributed by atoms with Crippen molar-refractivity contribution < 1.29 is 4.79 Å². The van der Waals surface area contributed by atoms with Crippen LogP contribution in [0.5, 0.6) is 0 Å². The van der Waals surface area contributed by atoms with E-state index in [0.717, 1.165) is 42.3 Å². The summed E-state index contributed by atoms with van der Waals surface area (Å²) in [7, 11) is 0. The molecule has 1 saturated carbocycles. The Labute approximate surface area is 174 Å². The van der Waals surface area contributed by atoms with Crippen molar-refractivity contribution in [3.05, 3.63) is 20.8 Å². The standard InChI is InChI=1S/C21H29N3O2S2/c1-4-24-20(26)17-15-10-9-12(2)11-16(15)28-19(17)23-21(24)27-13(3)18(25)22-14-7-5-6-8-14/h12-14H,4-11H2,1-3H3,(H,22,25)/t12-,13+/m0/s1. The first-order chi connectivity index (χ1) is 13.5. The van der Waals surface area contributed by atoms with Crippen molar-refractivity contribution >= 4 is 39.2 Å². The van der Waals surface area contributed by atoms with Crippen LogP contribution in [0.3, 0.4) is 0 Å². The van der Waals surface area contributed by atoms with Gasteiger partial charge in [-0.2, -0.15) is 0 Å². The Kier molecular flexibility index (Phi) is 5.83. The van der Waals surface area contributed by atoms with Gasteiger partial charge in [0.1, 0.15) is 4.83 Å². The molecule has 0 radical (unpaired) electrons. The summed E-state index contributed by atoms with van der Waals surface area (Å²) in [5, 5.41) is 4.38. The number of rotatable bonds is 5. The summed E-state index contributed by atoms with van der Waals surface area (Å²) in [6, 6.07) is 0.311. The van der Waals surface area contributed by atoms with Crippen LogP contribution in [0.15, 0.2) is 9.95 Å². The fourth-order valence-corrected chi connectivity index (χ4v) is 6.78. The fourth-order valence-electron chi connectivity index (χ4n) is 4.37. The van der Waals surface area contributed by atoms with Crippen molar-refractivity contribution in [2.24, 2.45) is 5.92 Å². The fraction of sp³-hybridized carbons (Fsp3) is 0.667. The Morgan fingerprint density at radius 2 is 2.11 bits per heavy atom. The smallest absolute Gasteiger partial charge is 0.263 e. The van der Waals surface area contributed by atoms with Gasteiger partial charge in [-0.05, 0) is 57.4 Å². The maximum atomic E-state index is 13.2. The van der Waals surface area contributed by atoms with E-state index in [1.54, 1.807) is 15.9 Å². The number of aryl methyl sites for hydroxylation is 1. The molecule has 0 aliphatic heterocycles. The predicted octanol–water partition coefficient (Wildman–Crippen LogP) is 4.14. The Morgan fingerprint density at radius 1 is 1.36 bits per heavy atom. The molecule has 5 nitrogen and oxygen atoms in total. The minimum absolute atomic E-state index is 0.0493. The lowest BCUT2D eigenvalue weighted by Gasteiger charge is -2.18. The van der Waals surface area contributed by atoms with Gasteiger partial charge >= 0.3 is 0 Å². The minimum Gasteiger partial charge on any atom is -0.352 e. The summed E-state index contributed by atoms with van der Waals surface area (Å²) >= 11 is 3.08. The summed E-state index contributed by atoms with van der Waals surface area (Å²) in [5.41, 5.74) is 1.28. The minimum atomic E-state index is -0.266. The van der Waals surface area contributed by atoms with E-state index >= 15 is 0 Å². The first-order valence-electron chi connectivity index (χ1n) is 10.5. The molecule has 2 atom stereocenters. The first-order valence-corrected chi connectivity index (χ1v) is 12.2.